The summed E-state index contributed by atoms with van der Waals surface area (Å²) in [5, 5.41) is 0. The van der Waals surface area contributed by atoms with Crippen LogP contribution in [0.2, 0.25) is 0 Å². The van der Waals surface area contributed by atoms with E-state index < -0.39 is 0 Å². The highest BCUT2D eigenvalue weighted by atomic mass is 14.6. The molecule has 0 aliphatic carbocycles. The Morgan fingerprint density at radius 2 is 2.33 bits per heavy atom. The summed E-state index contributed by atoms with van der Waals surface area (Å²) in [5.41, 5.74) is 1.33. The fourth-order valence-electron chi connectivity index (χ4n) is 0.349. The van der Waals surface area contributed by atoms with Gasteiger partial charge in [-0.1, -0.05) is 19.1 Å². The molecule has 0 spiro atoms. The lowest BCUT2D eigenvalue weighted by molar-refractivity contribution is 1.10. The first-order chi connectivity index (χ1) is 4.31. The van der Waals surface area contributed by atoms with Crippen molar-refractivity contribution in [1.82, 2.24) is 0 Å². The van der Waals surface area contributed by atoms with Crippen LogP contribution in [0.5, 0.6) is 0 Å². The van der Waals surface area contributed by atoms with Gasteiger partial charge in [-0.3, -0.25) is 4.99 Å². The molecule has 9 heavy (non-hydrogen) atoms. The van der Waals surface area contributed by atoms with Crippen molar-refractivity contribution in [2.45, 2.75) is 20.3 Å². The lowest BCUT2D eigenvalue weighted by Crippen LogP contribution is -1.71. The van der Waals surface area contributed by atoms with Crippen LogP contribution in [0.4, 0.5) is 0 Å². The average Bonchev–Trinajstić information content (AvgIpc) is 1.89. The summed E-state index contributed by atoms with van der Waals surface area (Å²) in [4.78, 5) is 3.82. The summed E-state index contributed by atoms with van der Waals surface area (Å²) in [6.07, 6.45) is 6.36. The van der Waals surface area contributed by atoms with Crippen LogP contribution in [0.15, 0.2) is 29.4 Å². The topological polar surface area (TPSA) is 12.4 Å². The first-order valence-electron chi connectivity index (χ1n) is 3.11. The molecular weight excluding hydrogens is 110 g/mol. The molecule has 0 fully saturated rings. The van der Waals surface area contributed by atoms with Gasteiger partial charge in [0, 0.05) is 12.4 Å². The molecule has 0 aromatic carbocycles. The van der Waals surface area contributed by atoms with E-state index in [1.165, 1.54) is 11.8 Å². The molecule has 0 aromatic rings. The third-order valence-electron chi connectivity index (χ3n) is 1.11. The Hall–Kier alpha value is -0.850. The Balaban J connectivity index is 3.67. The minimum absolute atomic E-state index is 1.09. The second-order valence-corrected chi connectivity index (χ2v) is 1.85. The van der Waals surface area contributed by atoms with Crippen LogP contribution in [0.25, 0.3) is 0 Å². The maximum Gasteiger partial charge on any atom is 0.0266 e. The Morgan fingerprint density at radius 1 is 1.67 bits per heavy atom. The number of allylic oxidation sites excluding steroid dienone is 2. The molecule has 0 aromatic heterocycles. The Bertz CT molecular complexity index is 132. The van der Waals surface area contributed by atoms with Gasteiger partial charge in [0.2, 0.25) is 0 Å². The van der Waals surface area contributed by atoms with E-state index in [2.05, 4.69) is 25.4 Å². The fraction of sp³-hybridized carbons (Fsp3) is 0.375. The zero-order chi connectivity index (χ0) is 7.11. The zero-order valence-electron chi connectivity index (χ0n) is 6.09. The van der Waals surface area contributed by atoms with Crippen molar-refractivity contribution in [2.75, 3.05) is 0 Å². The molecule has 0 saturated heterocycles. The van der Waals surface area contributed by atoms with Gasteiger partial charge in [-0.2, -0.15) is 0 Å². The van der Waals surface area contributed by atoms with Crippen molar-refractivity contribution in [3.05, 3.63) is 24.4 Å². The van der Waals surface area contributed by atoms with Gasteiger partial charge >= 0.3 is 0 Å². The van der Waals surface area contributed by atoms with Gasteiger partial charge in [-0.05, 0) is 19.4 Å². The zero-order valence-corrected chi connectivity index (χ0v) is 6.09. The summed E-state index contributed by atoms with van der Waals surface area (Å²) >= 11 is 0. The summed E-state index contributed by atoms with van der Waals surface area (Å²) in [7, 11) is 0. The van der Waals surface area contributed by atoms with Gasteiger partial charge < -0.3 is 0 Å². The van der Waals surface area contributed by atoms with Crippen molar-refractivity contribution < 1.29 is 0 Å². The number of nitrogens with zero attached hydrogens (tertiary/aromatic N) is 1. The Kier molecular flexibility index (Phi) is 4.79. The fourth-order valence-corrected chi connectivity index (χ4v) is 0.349. The number of hydrogen-bond acceptors (Lipinski definition) is 1. The van der Waals surface area contributed by atoms with Gasteiger partial charge in [-0.15, -0.1) is 0 Å². The normalized spacial score (nSPS) is 12.4. The molecule has 0 N–H and O–H groups in total. The van der Waals surface area contributed by atoms with Crippen molar-refractivity contribution in [2.24, 2.45) is 4.99 Å². The maximum absolute atomic E-state index is 3.82. The molecule has 0 heterocycles. The van der Waals surface area contributed by atoms with E-state index in [9.17, 15) is 0 Å². The number of hydrogen-bond donors (Lipinski definition) is 0. The third-order valence-corrected chi connectivity index (χ3v) is 1.11. The highest BCUT2D eigenvalue weighted by Gasteiger charge is 1.76. The predicted molar refractivity (Wildman–Crippen MR) is 42.7 cm³/mol. The molecule has 0 aliphatic heterocycles. The van der Waals surface area contributed by atoms with Crippen LogP contribution < -0.4 is 0 Å². The quantitative estimate of drug-likeness (QED) is 0.511. The minimum atomic E-state index is 1.09. The lowest BCUT2D eigenvalue weighted by Gasteiger charge is -1.86. The summed E-state index contributed by atoms with van der Waals surface area (Å²) in [5.74, 6) is 0. The molecule has 0 atom stereocenters. The molecule has 1 nitrogen and oxygen atoms in total. The monoisotopic (exact) mass is 123 g/mol. The van der Waals surface area contributed by atoms with Crippen LogP contribution in [-0.4, -0.2) is 6.21 Å². The van der Waals surface area contributed by atoms with Crippen molar-refractivity contribution in [1.29, 1.82) is 0 Å². The SMILES string of the molecule is C=CN=C/C=C(\C)CC. The van der Waals surface area contributed by atoms with Gasteiger partial charge in [-0.25, -0.2) is 0 Å². The molecule has 0 unspecified atom stereocenters. The summed E-state index contributed by atoms with van der Waals surface area (Å²) < 4.78 is 0. The van der Waals surface area contributed by atoms with Crippen LogP contribution in [0, 0.1) is 0 Å². The van der Waals surface area contributed by atoms with Crippen molar-refractivity contribution in [3.8, 4) is 0 Å². The second-order valence-electron chi connectivity index (χ2n) is 1.85. The standard InChI is InChI=1S/C8H13N/c1-4-8(3)6-7-9-5-2/h5-7H,2,4H2,1,3H3/b8-6+,9-7?. The number of rotatable bonds is 3. The van der Waals surface area contributed by atoms with Gasteiger partial charge in [0.1, 0.15) is 0 Å². The third kappa shape index (κ3) is 5.01. The number of aliphatic imine (C=N–C) groups is 1. The molecule has 50 valence electrons. The molecule has 0 radical (unpaired) electrons. The van der Waals surface area contributed by atoms with E-state index >= 15 is 0 Å². The highest BCUT2D eigenvalue weighted by molar-refractivity contribution is 5.72. The highest BCUT2D eigenvalue weighted by Crippen LogP contribution is 1.94. The Morgan fingerprint density at radius 3 is 2.78 bits per heavy atom. The largest absolute Gasteiger partial charge is 0.265 e. The van der Waals surface area contributed by atoms with Crippen molar-refractivity contribution >= 4 is 6.21 Å². The van der Waals surface area contributed by atoms with Crippen LogP contribution in [0.1, 0.15) is 20.3 Å². The van der Waals surface area contributed by atoms with Crippen LogP contribution in [-0.2, 0) is 0 Å². The summed E-state index contributed by atoms with van der Waals surface area (Å²) in [6.45, 7) is 7.65. The van der Waals surface area contributed by atoms with Crippen LogP contribution >= 0.6 is 0 Å². The molecule has 1 heteroatoms. The predicted octanol–water partition coefficient (Wildman–Crippen LogP) is 2.56. The van der Waals surface area contributed by atoms with Gasteiger partial charge in [0.05, 0.1) is 0 Å². The summed E-state index contributed by atoms with van der Waals surface area (Å²) in [6, 6.07) is 0. The lowest BCUT2D eigenvalue weighted by atomic mass is 10.2. The van der Waals surface area contributed by atoms with E-state index in [0.717, 1.165) is 6.42 Å². The minimum Gasteiger partial charge on any atom is -0.265 e. The Labute approximate surface area is 56.8 Å². The first-order valence-corrected chi connectivity index (χ1v) is 3.11. The van der Waals surface area contributed by atoms with E-state index in [0.29, 0.717) is 0 Å². The van der Waals surface area contributed by atoms with E-state index in [4.69, 9.17) is 0 Å². The van der Waals surface area contributed by atoms with Crippen LogP contribution in [0.3, 0.4) is 0 Å². The maximum atomic E-state index is 3.82. The molecule has 0 bridgehead atoms. The smallest absolute Gasteiger partial charge is 0.0266 e. The van der Waals surface area contributed by atoms with E-state index in [1.54, 1.807) is 6.21 Å². The molecular formula is C8H13N. The molecule has 0 aliphatic rings. The van der Waals surface area contributed by atoms with Crippen molar-refractivity contribution in [3.63, 3.8) is 0 Å². The molecule has 0 amide bonds. The average molecular weight is 123 g/mol. The molecule has 0 saturated carbocycles. The second kappa shape index (κ2) is 5.29. The van der Waals surface area contributed by atoms with E-state index in [1.807, 2.05) is 6.08 Å². The van der Waals surface area contributed by atoms with E-state index in [-0.39, 0.29) is 0 Å². The first kappa shape index (κ1) is 8.15. The molecule has 0 rings (SSSR count). The van der Waals surface area contributed by atoms with Gasteiger partial charge in [0.25, 0.3) is 0 Å². The van der Waals surface area contributed by atoms with Gasteiger partial charge in [0.15, 0.2) is 0 Å².